The standard InChI is InChI=1S/C15H21F3N2O4/c1-2-12(21)20-6-4-3-5-11(20)13(22)19-7-9(14(23)24)10(8-19)15(16,17)18/h9-11H,2-8H2,1H3,(H,23,24)/t9-,10-,11?/m1/s1. The number of piperidine rings is 1. The van der Waals surface area contributed by atoms with Gasteiger partial charge < -0.3 is 14.9 Å². The minimum atomic E-state index is -4.68. The van der Waals surface area contributed by atoms with Crippen molar-refractivity contribution in [2.24, 2.45) is 11.8 Å². The lowest BCUT2D eigenvalue weighted by molar-refractivity contribution is -0.188. The molecule has 0 aromatic carbocycles. The predicted octanol–water partition coefficient (Wildman–Crippen LogP) is 1.50. The zero-order chi connectivity index (χ0) is 18.1. The Morgan fingerprint density at radius 2 is 1.83 bits per heavy atom. The van der Waals surface area contributed by atoms with E-state index in [9.17, 15) is 27.6 Å². The number of alkyl halides is 3. The third-order valence-corrected chi connectivity index (χ3v) is 4.78. The van der Waals surface area contributed by atoms with Crippen molar-refractivity contribution in [3.8, 4) is 0 Å². The fourth-order valence-electron chi connectivity index (χ4n) is 3.47. The van der Waals surface area contributed by atoms with E-state index in [1.54, 1.807) is 6.92 Å². The summed E-state index contributed by atoms with van der Waals surface area (Å²) in [5, 5.41) is 9.03. The molecule has 3 atom stereocenters. The van der Waals surface area contributed by atoms with Crippen LogP contribution >= 0.6 is 0 Å². The Labute approximate surface area is 137 Å². The molecule has 2 aliphatic rings. The van der Waals surface area contributed by atoms with Crippen LogP contribution in [0.1, 0.15) is 32.6 Å². The summed E-state index contributed by atoms with van der Waals surface area (Å²) in [5.41, 5.74) is 0. The molecular formula is C15H21F3N2O4. The van der Waals surface area contributed by atoms with Gasteiger partial charge in [-0.2, -0.15) is 13.2 Å². The van der Waals surface area contributed by atoms with Crippen LogP contribution in [0.25, 0.3) is 0 Å². The molecule has 136 valence electrons. The van der Waals surface area contributed by atoms with Crippen molar-refractivity contribution < 1.29 is 32.7 Å². The molecule has 6 nitrogen and oxygen atoms in total. The molecule has 2 rings (SSSR count). The van der Waals surface area contributed by atoms with E-state index >= 15 is 0 Å². The highest BCUT2D eigenvalue weighted by atomic mass is 19.4. The van der Waals surface area contributed by atoms with Gasteiger partial charge in [0.25, 0.3) is 0 Å². The molecule has 2 amide bonds. The van der Waals surface area contributed by atoms with Gasteiger partial charge in [0.15, 0.2) is 0 Å². The Morgan fingerprint density at radius 3 is 2.33 bits per heavy atom. The molecule has 9 heteroatoms. The van der Waals surface area contributed by atoms with E-state index in [1.807, 2.05) is 0 Å². The van der Waals surface area contributed by atoms with E-state index in [2.05, 4.69) is 0 Å². The van der Waals surface area contributed by atoms with E-state index in [4.69, 9.17) is 5.11 Å². The highest BCUT2D eigenvalue weighted by Gasteiger charge is 2.54. The smallest absolute Gasteiger partial charge is 0.394 e. The first-order valence-electron chi connectivity index (χ1n) is 8.04. The third kappa shape index (κ3) is 3.64. The largest absolute Gasteiger partial charge is 0.481 e. The number of nitrogens with zero attached hydrogens (tertiary/aromatic N) is 2. The minimum Gasteiger partial charge on any atom is -0.481 e. The molecule has 1 N–H and O–H groups in total. The summed E-state index contributed by atoms with van der Waals surface area (Å²) in [6, 6.07) is -0.785. The first-order chi connectivity index (χ1) is 11.2. The summed E-state index contributed by atoms with van der Waals surface area (Å²) >= 11 is 0. The summed E-state index contributed by atoms with van der Waals surface area (Å²) < 4.78 is 39.1. The topological polar surface area (TPSA) is 77.9 Å². The zero-order valence-corrected chi connectivity index (χ0v) is 13.4. The van der Waals surface area contributed by atoms with E-state index in [-0.39, 0.29) is 12.3 Å². The number of carbonyl (C=O) groups excluding carboxylic acids is 2. The molecule has 2 fully saturated rings. The number of rotatable bonds is 3. The van der Waals surface area contributed by atoms with Crippen LogP contribution in [0.15, 0.2) is 0 Å². The summed E-state index contributed by atoms with van der Waals surface area (Å²) in [6.45, 7) is 0.934. The predicted molar refractivity (Wildman–Crippen MR) is 76.9 cm³/mol. The molecule has 0 aromatic heterocycles. The lowest BCUT2D eigenvalue weighted by Gasteiger charge is -2.36. The summed E-state index contributed by atoms with van der Waals surface area (Å²) in [5.74, 6) is -6.08. The van der Waals surface area contributed by atoms with E-state index in [0.29, 0.717) is 19.4 Å². The Bertz CT molecular complexity index is 523. The van der Waals surface area contributed by atoms with Crippen molar-refractivity contribution in [2.75, 3.05) is 19.6 Å². The van der Waals surface area contributed by atoms with Gasteiger partial charge in [0.1, 0.15) is 6.04 Å². The number of amides is 2. The molecule has 0 bridgehead atoms. The molecule has 24 heavy (non-hydrogen) atoms. The van der Waals surface area contributed by atoms with Gasteiger partial charge in [0.2, 0.25) is 11.8 Å². The first-order valence-corrected chi connectivity index (χ1v) is 8.04. The lowest BCUT2D eigenvalue weighted by Crippen LogP contribution is -2.52. The maximum absolute atomic E-state index is 13.0. The minimum absolute atomic E-state index is 0.214. The number of aliphatic carboxylic acids is 1. The Morgan fingerprint density at radius 1 is 1.17 bits per heavy atom. The molecule has 2 heterocycles. The second-order valence-electron chi connectivity index (χ2n) is 6.29. The normalized spacial score (nSPS) is 28.1. The molecule has 0 aromatic rings. The van der Waals surface area contributed by atoms with Crippen LogP contribution in [-0.2, 0) is 14.4 Å². The van der Waals surface area contributed by atoms with Crippen LogP contribution in [0.2, 0.25) is 0 Å². The van der Waals surface area contributed by atoms with Gasteiger partial charge in [-0.25, -0.2) is 0 Å². The summed E-state index contributed by atoms with van der Waals surface area (Å²) in [7, 11) is 0. The van der Waals surface area contributed by atoms with Gasteiger partial charge in [0.05, 0.1) is 11.8 Å². The van der Waals surface area contributed by atoms with Crippen molar-refractivity contribution in [2.45, 2.75) is 44.8 Å². The fraction of sp³-hybridized carbons (Fsp3) is 0.800. The van der Waals surface area contributed by atoms with Crippen LogP contribution in [0.5, 0.6) is 0 Å². The Hall–Kier alpha value is -1.80. The molecule has 0 spiro atoms. The monoisotopic (exact) mass is 350 g/mol. The average molecular weight is 350 g/mol. The van der Waals surface area contributed by atoms with Crippen LogP contribution in [0, 0.1) is 11.8 Å². The summed E-state index contributed by atoms with van der Waals surface area (Å²) in [4.78, 5) is 38.1. The van der Waals surface area contributed by atoms with Gasteiger partial charge in [-0.15, -0.1) is 0 Å². The van der Waals surface area contributed by atoms with Gasteiger partial charge in [0, 0.05) is 26.1 Å². The fourth-order valence-corrected chi connectivity index (χ4v) is 3.47. The molecule has 0 saturated carbocycles. The quantitative estimate of drug-likeness (QED) is 0.837. The number of carbonyl (C=O) groups is 3. The molecule has 1 unspecified atom stereocenters. The van der Waals surface area contributed by atoms with Crippen LogP contribution < -0.4 is 0 Å². The first kappa shape index (κ1) is 18.5. The Kier molecular flexibility index (Phi) is 5.39. The highest BCUT2D eigenvalue weighted by molar-refractivity contribution is 5.88. The maximum Gasteiger partial charge on any atom is 0.394 e. The SMILES string of the molecule is CCC(=O)N1CCCCC1C(=O)N1C[C@@H](C(F)(F)F)[C@H](C(=O)O)C1. The van der Waals surface area contributed by atoms with Crippen molar-refractivity contribution in [3.63, 3.8) is 0 Å². The molecular weight excluding hydrogens is 329 g/mol. The molecule has 0 radical (unpaired) electrons. The number of halogens is 3. The zero-order valence-electron chi connectivity index (χ0n) is 13.4. The van der Waals surface area contributed by atoms with Crippen LogP contribution in [0.4, 0.5) is 13.2 Å². The summed E-state index contributed by atoms with van der Waals surface area (Å²) in [6.07, 6.45) is -2.60. The molecule has 2 aliphatic heterocycles. The number of hydrogen-bond acceptors (Lipinski definition) is 3. The van der Waals surface area contributed by atoms with Gasteiger partial charge in [-0.1, -0.05) is 6.92 Å². The number of likely N-dealkylation sites (tertiary alicyclic amines) is 2. The number of carboxylic acids is 1. The number of hydrogen-bond donors (Lipinski definition) is 1. The number of carboxylic acid groups (broad SMARTS) is 1. The van der Waals surface area contributed by atoms with Crippen molar-refractivity contribution in [1.82, 2.24) is 9.80 Å². The van der Waals surface area contributed by atoms with E-state index in [1.165, 1.54) is 4.90 Å². The third-order valence-electron chi connectivity index (χ3n) is 4.78. The van der Waals surface area contributed by atoms with Crippen molar-refractivity contribution in [1.29, 1.82) is 0 Å². The average Bonchev–Trinajstić information content (AvgIpc) is 2.99. The molecule has 0 aliphatic carbocycles. The van der Waals surface area contributed by atoms with Crippen molar-refractivity contribution >= 4 is 17.8 Å². The van der Waals surface area contributed by atoms with Crippen molar-refractivity contribution in [3.05, 3.63) is 0 Å². The van der Waals surface area contributed by atoms with Gasteiger partial charge in [-0.3, -0.25) is 14.4 Å². The highest BCUT2D eigenvalue weighted by Crippen LogP contribution is 2.38. The Balaban J connectivity index is 2.17. The van der Waals surface area contributed by atoms with Crippen LogP contribution in [-0.4, -0.2) is 64.5 Å². The second kappa shape index (κ2) is 6.98. The van der Waals surface area contributed by atoms with Gasteiger partial charge >= 0.3 is 12.1 Å². The second-order valence-corrected chi connectivity index (χ2v) is 6.29. The maximum atomic E-state index is 13.0. The van der Waals surface area contributed by atoms with E-state index < -0.39 is 49.0 Å². The molecule has 2 saturated heterocycles. The van der Waals surface area contributed by atoms with Crippen LogP contribution in [0.3, 0.4) is 0 Å². The lowest BCUT2D eigenvalue weighted by atomic mass is 9.96. The van der Waals surface area contributed by atoms with Gasteiger partial charge in [-0.05, 0) is 19.3 Å². The van der Waals surface area contributed by atoms with E-state index in [0.717, 1.165) is 11.3 Å².